The summed E-state index contributed by atoms with van der Waals surface area (Å²) in [6, 6.07) is 10.3. The molecule has 0 aromatic heterocycles. The van der Waals surface area contributed by atoms with Crippen LogP contribution in [0.5, 0.6) is 5.75 Å². The van der Waals surface area contributed by atoms with E-state index in [1.165, 1.54) is 6.08 Å². The molecule has 2 aromatic carbocycles. The molecule has 0 aliphatic carbocycles. The molecule has 6 nitrogen and oxygen atoms in total. The Labute approximate surface area is 177 Å². The molecule has 0 spiro atoms. The van der Waals surface area contributed by atoms with Crippen molar-refractivity contribution in [2.75, 3.05) is 17.6 Å². The van der Waals surface area contributed by atoms with E-state index in [0.29, 0.717) is 11.3 Å². The molecule has 2 N–H and O–H groups in total. The largest absolute Gasteiger partial charge is 0.484 e. The van der Waals surface area contributed by atoms with Crippen LogP contribution >= 0.6 is 0 Å². The van der Waals surface area contributed by atoms with Crippen LogP contribution in [0.4, 0.5) is 10.1 Å². The van der Waals surface area contributed by atoms with Crippen molar-refractivity contribution in [3.05, 3.63) is 65.5 Å². The van der Waals surface area contributed by atoms with E-state index in [1.54, 1.807) is 6.07 Å². The minimum Gasteiger partial charge on any atom is -0.484 e. The number of carbonyl (C=O) groups excluding carboxylic acids is 1. The minimum absolute atomic E-state index is 0.0296. The zero-order valence-corrected chi connectivity index (χ0v) is 18.4. The van der Waals surface area contributed by atoms with E-state index < -0.39 is 15.8 Å². The number of hydrogen-bond donors (Lipinski definition) is 2. The molecular weight excluding hydrogens is 407 g/mol. The number of rotatable bonds is 8. The number of sulfonamides is 1. The molecule has 0 aliphatic heterocycles. The molecule has 2 aromatic rings. The lowest BCUT2D eigenvalue weighted by molar-refractivity contribution is -0.123. The maximum atomic E-state index is 14.3. The highest BCUT2D eigenvalue weighted by atomic mass is 32.2. The second kappa shape index (κ2) is 9.30. The lowest BCUT2D eigenvalue weighted by Crippen LogP contribution is -2.28. The summed E-state index contributed by atoms with van der Waals surface area (Å²) in [5, 5.41) is 2.65. The highest BCUT2D eigenvalue weighted by Gasteiger charge is 2.15. The van der Waals surface area contributed by atoms with Gasteiger partial charge in [0.05, 0.1) is 11.9 Å². The Kier molecular flexibility index (Phi) is 7.25. The predicted octanol–water partition coefficient (Wildman–Crippen LogP) is 3.83. The van der Waals surface area contributed by atoms with Gasteiger partial charge in [-0.1, -0.05) is 45.6 Å². The first-order valence-electron chi connectivity index (χ1n) is 9.32. The third kappa shape index (κ3) is 6.88. The first kappa shape index (κ1) is 23.4. The highest BCUT2D eigenvalue weighted by molar-refractivity contribution is 7.92. The maximum absolute atomic E-state index is 14.3. The summed E-state index contributed by atoms with van der Waals surface area (Å²) < 4.78 is 44.7. The van der Waals surface area contributed by atoms with Crippen LogP contribution in [0.1, 0.15) is 37.5 Å². The minimum atomic E-state index is -3.64. The summed E-state index contributed by atoms with van der Waals surface area (Å²) in [5.41, 5.74) is 1.75. The number of nitrogens with one attached hydrogen (secondary N) is 2. The third-order valence-corrected chi connectivity index (χ3v) is 4.84. The van der Waals surface area contributed by atoms with Gasteiger partial charge < -0.3 is 10.1 Å². The molecule has 0 atom stereocenters. The van der Waals surface area contributed by atoms with Crippen molar-refractivity contribution < 1.29 is 22.3 Å². The average molecular weight is 435 g/mol. The molecule has 162 valence electrons. The molecule has 0 unspecified atom stereocenters. The lowest BCUT2D eigenvalue weighted by Gasteiger charge is -2.19. The Balaban J connectivity index is 1.96. The van der Waals surface area contributed by atoms with E-state index in [-0.39, 0.29) is 35.7 Å². The van der Waals surface area contributed by atoms with Gasteiger partial charge in [-0.2, -0.15) is 0 Å². The standard InChI is InChI=1S/C22H27FN2O4S/c1-6-16-11-15(12-19(23)21(16)25-30(5,27)28)13-24-20(26)14-29-18-9-7-17(8-10-18)22(2,3)4/h6-12,25H,1,13-14H2,2-5H3,(H,24,26). The van der Waals surface area contributed by atoms with E-state index in [1.807, 2.05) is 24.3 Å². The summed E-state index contributed by atoms with van der Waals surface area (Å²) in [5.74, 6) is -0.541. The van der Waals surface area contributed by atoms with Crippen molar-refractivity contribution in [2.45, 2.75) is 32.7 Å². The highest BCUT2D eigenvalue weighted by Crippen LogP contribution is 2.25. The zero-order valence-electron chi connectivity index (χ0n) is 17.6. The van der Waals surface area contributed by atoms with E-state index in [0.717, 1.165) is 17.9 Å². The van der Waals surface area contributed by atoms with Gasteiger partial charge in [-0.3, -0.25) is 9.52 Å². The Morgan fingerprint density at radius 1 is 1.20 bits per heavy atom. The number of hydrogen-bond acceptors (Lipinski definition) is 4. The van der Waals surface area contributed by atoms with Crippen LogP contribution in [0.25, 0.3) is 6.08 Å². The van der Waals surface area contributed by atoms with Crippen LogP contribution in [0.15, 0.2) is 43.0 Å². The monoisotopic (exact) mass is 434 g/mol. The van der Waals surface area contributed by atoms with Gasteiger partial charge in [-0.15, -0.1) is 0 Å². The molecule has 0 fully saturated rings. The van der Waals surface area contributed by atoms with E-state index >= 15 is 0 Å². The number of anilines is 1. The third-order valence-electron chi connectivity index (χ3n) is 4.27. The molecule has 8 heteroatoms. The van der Waals surface area contributed by atoms with Crippen LogP contribution in [0.3, 0.4) is 0 Å². The van der Waals surface area contributed by atoms with Crippen LogP contribution < -0.4 is 14.8 Å². The normalized spacial score (nSPS) is 11.6. The van der Waals surface area contributed by atoms with Gasteiger partial charge in [0.25, 0.3) is 5.91 Å². The lowest BCUT2D eigenvalue weighted by atomic mass is 9.87. The SMILES string of the molecule is C=Cc1cc(CNC(=O)COc2ccc(C(C)(C)C)cc2)cc(F)c1NS(C)(=O)=O. The van der Waals surface area contributed by atoms with Gasteiger partial charge in [0.2, 0.25) is 10.0 Å². The van der Waals surface area contributed by atoms with Crippen molar-refractivity contribution in [2.24, 2.45) is 0 Å². The molecule has 0 radical (unpaired) electrons. The number of amides is 1. The van der Waals surface area contributed by atoms with Gasteiger partial charge >= 0.3 is 0 Å². The van der Waals surface area contributed by atoms with E-state index in [4.69, 9.17) is 4.74 Å². The summed E-state index contributed by atoms with van der Waals surface area (Å²) in [6.45, 7) is 9.79. The Morgan fingerprint density at radius 2 is 1.83 bits per heavy atom. The van der Waals surface area contributed by atoms with Gasteiger partial charge in [0.15, 0.2) is 6.61 Å². The topological polar surface area (TPSA) is 84.5 Å². The van der Waals surface area contributed by atoms with Crippen LogP contribution in [-0.2, 0) is 26.8 Å². The quantitative estimate of drug-likeness (QED) is 0.661. The van der Waals surface area contributed by atoms with Crippen molar-refractivity contribution >= 4 is 27.7 Å². The summed E-state index contributed by atoms with van der Waals surface area (Å²) >= 11 is 0. The summed E-state index contributed by atoms with van der Waals surface area (Å²) in [4.78, 5) is 12.1. The molecule has 30 heavy (non-hydrogen) atoms. The summed E-state index contributed by atoms with van der Waals surface area (Å²) in [7, 11) is -3.64. The Bertz CT molecular complexity index is 1030. The second-order valence-corrected chi connectivity index (χ2v) is 9.71. The van der Waals surface area contributed by atoms with Gasteiger partial charge in [0, 0.05) is 12.1 Å². The molecule has 0 saturated heterocycles. The predicted molar refractivity (Wildman–Crippen MR) is 117 cm³/mol. The van der Waals surface area contributed by atoms with Crippen molar-refractivity contribution in [3.8, 4) is 5.75 Å². The van der Waals surface area contributed by atoms with E-state index in [2.05, 4.69) is 37.4 Å². The number of halogens is 1. The Hall–Kier alpha value is -2.87. The maximum Gasteiger partial charge on any atom is 0.258 e. The van der Waals surface area contributed by atoms with Crippen LogP contribution in [-0.4, -0.2) is 27.2 Å². The molecule has 0 aliphatic rings. The van der Waals surface area contributed by atoms with Crippen molar-refractivity contribution in [1.29, 1.82) is 0 Å². The van der Waals surface area contributed by atoms with Crippen molar-refractivity contribution in [3.63, 3.8) is 0 Å². The smallest absolute Gasteiger partial charge is 0.258 e. The molecular formula is C22H27FN2O4S. The molecule has 0 saturated carbocycles. The number of carbonyl (C=O) groups is 1. The Morgan fingerprint density at radius 3 is 2.37 bits per heavy atom. The first-order chi connectivity index (χ1) is 13.9. The van der Waals surface area contributed by atoms with Gasteiger partial charge in [-0.05, 0) is 40.8 Å². The second-order valence-electron chi connectivity index (χ2n) is 7.96. The molecule has 0 bridgehead atoms. The fourth-order valence-electron chi connectivity index (χ4n) is 2.69. The van der Waals surface area contributed by atoms with E-state index in [9.17, 15) is 17.6 Å². The van der Waals surface area contributed by atoms with Crippen LogP contribution in [0, 0.1) is 5.82 Å². The fourth-order valence-corrected chi connectivity index (χ4v) is 3.28. The first-order valence-corrected chi connectivity index (χ1v) is 11.2. The summed E-state index contributed by atoms with van der Waals surface area (Å²) in [6.07, 6.45) is 2.27. The van der Waals surface area contributed by atoms with Crippen LogP contribution in [0.2, 0.25) is 0 Å². The van der Waals surface area contributed by atoms with Gasteiger partial charge in [0.1, 0.15) is 11.6 Å². The molecule has 2 rings (SSSR count). The average Bonchev–Trinajstić information content (AvgIpc) is 2.65. The van der Waals surface area contributed by atoms with Crippen molar-refractivity contribution in [1.82, 2.24) is 5.32 Å². The fraction of sp³-hybridized carbons (Fsp3) is 0.318. The van der Waals surface area contributed by atoms with Gasteiger partial charge in [-0.25, -0.2) is 12.8 Å². The number of ether oxygens (including phenoxy) is 1. The molecule has 1 amide bonds. The number of benzene rings is 2. The zero-order chi connectivity index (χ0) is 22.5. The molecule has 0 heterocycles.